The summed E-state index contributed by atoms with van der Waals surface area (Å²) in [5, 5.41) is 9.18. The molecule has 1 unspecified atom stereocenters. The van der Waals surface area contributed by atoms with E-state index in [1.807, 2.05) is 6.92 Å². The van der Waals surface area contributed by atoms with E-state index in [9.17, 15) is 9.90 Å². The van der Waals surface area contributed by atoms with Gasteiger partial charge in [0, 0.05) is 5.92 Å². The van der Waals surface area contributed by atoms with Crippen molar-refractivity contribution in [3.63, 3.8) is 0 Å². The van der Waals surface area contributed by atoms with Gasteiger partial charge in [-0.1, -0.05) is 6.92 Å². The molecule has 0 heterocycles. The molecule has 0 aliphatic heterocycles. The van der Waals surface area contributed by atoms with Crippen LogP contribution < -0.4 is 0 Å². The Morgan fingerprint density at radius 2 is 2.20 bits per heavy atom. The van der Waals surface area contributed by atoms with Crippen molar-refractivity contribution in [2.75, 3.05) is 0 Å². The largest absolute Gasteiger partial charge is 0.393 e. The lowest BCUT2D eigenvalue weighted by Crippen LogP contribution is -2.26. The van der Waals surface area contributed by atoms with Gasteiger partial charge in [0.15, 0.2) is 0 Å². The standard InChI is InChI=1S/C8H14O2/c1-6-4-8(10)3-2-7(6)5-9/h5-8,10H,2-4H2,1H3/t6-,7-,8?/m0/s1. The van der Waals surface area contributed by atoms with E-state index in [0.29, 0.717) is 5.92 Å². The van der Waals surface area contributed by atoms with Crippen LogP contribution >= 0.6 is 0 Å². The molecule has 0 radical (unpaired) electrons. The van der Waals surface area contributed by atoms with Gasteiger partial charge in [-0.3, -0.25) is 0 Å². The monoisotopic (exact) mass is 142 g/mol. The van der Waals surface area contributed by atoms with Gasteiger partial charge in [-0.2, -0.15) is 0 Å². The number of aliphatic hydroxyl groups is 1. The van der Waals surface area contributed by atoms with Gasteiger partial charge in [0.25, 0.3) is 0 Å². The van der Waals surface area contributed by atoms with Crippen molar-refractivity contribution in [3.8, 4) is 0 Å². The molecule has 0 amide bonds. The lowest BCUT2D eigenvalue weighted by atomic mass is 9.80. The van der Waals surface area contributed by atoms with Crippen LogP contribution in [0.5, 0.6) is 0 Å². The molecule has 3 atom stereocenters. The van der Waals surface area contributed by atoms with Crippen LogP contribution in [0, 0.1) is 11.8 Å². The van der Waals surface area contributed by atoms with Crippen molar-refractivity contribution < 1.29 is 9.90 Å². The summed E-state index contributed by atoms with van der Waals surface area (Å²) in [6, 6.07) is 0. The van der Waals surface area contributed by atoms with Crippen LogP contribution in [0.2, 0.25) is 0 Å². The third kappa shape index (κ3) is 1.57. The van der Waals surface area contributed by atoms with Crippen LogP contribution in [-0.4, -0.2) is 17.5 Å². The van der Waals surface area contributed by atoms with Gasteiger partial charge in [0.2, 0.25) is 0 Å². The highest BCUT2D eigenvalue weighted by Gasteiger charge is 2.25. The van der Waals surface area contributed by atoms with Crippen molar-refractivity contribution in [2.24, 2.45) is 11.8 Å². The number of aldehydes is 1. The summed E-state index contributed by atoms with van der Waals surface area (Å²) in [5.74, 6) is 0.574. The minimum atomic E-state index is -0.161. The minimum absolute atomic E-state index is 0.161. The molecule has 2 nitrogen and oxygen atoms in total. The summed E-state index contributed by atoms with van der Waals surface area (Å²) in [7, 11) is 0. The quantitative estimate of drug-likeness (QED) is 0.554. The summed E-state index contributed by atoms with van der Waals surface area (Å²) in [6.07, 6.45) is 3.32. The van der Waals surface area contributed by atoms with E-state index in [4.69, 9.17) is 0 Å². The molecule has 1 rings (SSSR count). The average Bonchev–Trinajstić information content (AvgIpc) is 1.88. The molecule has 2 heteroatoms. The normalized spacial score (nSPS) is 41.2. The molecule has 1 saturated carbocycles. The van der Waals surface area contributed by atoms with E-state index in [0.717, 1.165) is 25.5 Å². The molecular formula is C8H14O2. The molecule has 0 bridgehead atoms. The van der Waals surface area contributed by atoms with Crippen LogP contribution in [-0.2, 0) is 4.79 Å². The maximum absolute atomic E-state index is 10.4. The maximum atomic E-state index is 10.4. The van der Waals surface area contributed by atoms with E-state index < -0.39 is 0 Å². The molecule has 0 spiro atoms. The van der Waals surface area contributed by atoms with E-state index in [-0.39, 0.29) is 12.0 Å². The first-order chi connectivity index (χ1) is 4.74. The number of hydrogen-bond acceptors (Lipinski definition) is 2. The molecular weight excluding hydrogens is 128 g/mol. The first-order valence-electron chi connectivity index (χ1n) is 3.87. The lowest BCUT2D eigenvalue weighted by molar-refractivity contribution is -0.114. The molecule has 0 aromatic heterocycles. The fraction of sp³-hybridized carbons (Fsp3) is 0.875. The zero-order valence-electron chi connectivity index (χ0n) is 6.29. The van der Waals surface area contributed by atoms with Gasteiger partial charge in [0.05, 0.1) is 6.10 Å². The molecule has 1 fully saturated rings. The third-order valence-electron chi connectivity index (χ3n) is 2.38. The van der Waals surface area contributed by atoms with Gasteiger partial charge in [0.1, 0.15) is 6.29 Å². The summed E-state index contributed by atoms with van der Waals surface area (Å²) < 4.78 is 0. The third-order valence-corrected chi connectivity index (χ3v) is 2.38. The van der Waals surface area contributed by atoms with Crippen LogP contribution in [0.4, 0.5) is 0 Å². The second-order valence-corrected chi connectivity index (χ2v) is 3.24. The zero-order chi connectivity index (χ0) is 7.56. The Morgan fingerprint density at radius 1 is 1.50 bits per heavy atom. The van der Waals surface area contributed by atoms with Crippen molar-refractivity contribution in [1.29, 1.82) is 0 Å². The van der Waals surface area contributed by atoms with Gasteiger partial charge in [-0.05, 0) is 25.2 Å². The van der Waals surface area contributed by atoms with Crippen molar-refractivity contribution in [3.05, 3.63) is 0 Å². The van der Waals surface area contributed by atoms with Crippen LogP contribution in [0.1, 0.15) is 26.2 Å². The molecule has 0 aromatic rings. The van der Waals surface area contributed by atoms with E-state index >= 15 is 0 Å². The number of carbonyl (C=O) groups is 1. The van der Waals surface area contributed by atoms with Gasteiger partial charge in [-0.25, -0.2) is 0 Å². The summed E-state index contributed by atoms with van der Waals surface area (Å²) >= 11 is 0. The van der Waals surface area contributed by atoms with E-state index in [1.54, 1.807) is 0 Å². The molecule has 0 aromatic carbocycles. The molecule has 10 heavy (non-hydrogen) atoms. The van der Waals surface area contributed by atoms with Crippen molar-refractivity contribution in [2.45, 2.75) is 32.3 Å². The maximum Gasteiger partial charge on any atom is 0.123 e. The van der Waals surface area contributed by atoms with Crippen molar-refractivity contribution in [1.82, 2.24) is 0 Å². The summed E-state index contributed by atoms with van der Waals surface area (Å²) in [5.41, 5.74) is 0. The van der Waals surface area contributed by atoms with Crippen LogP contribution in [0.3, 0.4) is 0 Å². The first kappa shape index (κ1) is 7.73. The molecule has 58 valence electrons. The highest BCUT2D eigenvalue weighted by Crippen LogP contribution is 2.27. The number of rotatable bonds is 1. The molecule has 0 saturated heterocycles. The first-order valence-corrected chi connectivity index (χ1v) is 3.87. The van der Waals surface area contributed by atoms with Crippen LogP contribution in [0.15, 0.2) is 0 Å². The average molecular weight is 142 g/mol. The summed E-state index contributed by atoms with van der Waals surface area (Å²) in [6.45, 7) is 2.03. The Labute approximate surface area is 61.2 Å². The second kappa shape index (κ2) is 3.15. The van der Waals surface area contributed by atoms with Gasteiger partial charge in [-0.15, -0.1) is 0 Å². The van der Waals surface area contributed by atoms with E-state index in [2.05, 4.69) is 0 Å². The Balaban J connectivity index is 2.43. The van der Waals surface area contributed by atoms with Crippen molar-refractivity contribution >= 4 is 6.29 Å². The SMILES string of the molecule is C[C@H]1CC(O)CC[C@H]1C=O. The minimum Gasteiger partial charge on any atom is -0.393 e. The molecule has 1 N–H and O–H groups in total. The number of carbonyl (C=O) groups excluding carboxylic acids is 1. The Morgan fingerprint density at radius 3 is 2.70 bits per heavy atom. The lowest BCUT2D eigenvalue weighted by Gasteiger charge is -2.27. The topological polar surface area (TPSA) is 37.3 Å². The predicted octanol–water partition coefficient (Wildman–Crippen LogP) is 0.982. The van der Waals surface area contributed by atoms with E-state index in [1.165, 1.54) is 0 Å². The summed E-state index contributed by atoms with van der Waals surface area (Å²) in [4.78, 5) is 10.4. The zero-order valence-corrected chi connectivity index (χ0v) is 6.29. The Bertz CT molecular complexity index is 122. The highest BCUT2D eigenvalue weighted by atomic mass is 16.3. The van der Waals surface area contributed by atoms with Gasteiger partial charge < -0.3 is 9.90 Å². The number of aliphatic hydroxyl groups excluding tert-OH is 1. The fourth-order valence-corrected chi connectivity index (χ4v) is 1.59. The van der Waals surface area contributed by atoms with Gasteiger partial charge >= 0.3 is 0 Å². The molecule has 1 aliphatic rings. The molecule has 1 aliphatic carbocycles. The number of hydrogen-bond donors (Lipinski definition) is 1. The Kier molecular flexibility index (Phi) is 2.44. The predicted molar refractivity (Wildman–Crippen MR) is 38.6 cm³/mol. The smallest absolute Gasteiger partial charge is 0.123 e. The second-order valence-electron chi connectivity index (χ2n) is 3.24. The Hall–Kier alpha value is -0.370. The van der Waals surface area contributed by atoms with Crippen LogP contribution in [0.25, 0.3) is 0 Å². The fourth-order valence-electron chi connectivity index (χ4n) is 1.59. The highest BCUT2D eigenvalue weighted by molar-refractivity contribution is 5.54.